The second-order valence-electron chi connectivity index (χ2n) is 7.92. The quantitative estimate of drug-likeness (QED) is 0.620. The van der Waals surface area contributed by atoms with Gasteiger partial charge in [0, 0.05) is 11.4 Å². The van der Waals surface area contributed by atoms with Crippen LogP contribution < -0.4 is 14.5 Å². The lowest BCUT2D eigenvalue weighted by Crippen LogP contribution is -2.56. The molecular weight excluding hydrogens is 388 g/mol. The molecule has 0 radical (unpaired) electrons. The van der Waals surface area contributed by atoms with E-state index in [1.54, 1.807) is 16.9 Å². The van der Waals surface area contributed by atoms with Gasteiger partial charge in [0.05, 0.1) is 7.11 Å². The topological polar surface area (TPSA) is 49.9 Å². The Morgan fingerprint density at radius 1 is 0.871 bits per heavy atom. The van der Waals surface area contributed by atoms with E-state index in [0.717, 1.165) is 27.9 Å². The summed E-state index contributed by atoms with van der Waals surface area (Å²) in [6, 6.07) is 20.1. The van der Waals surface area contributed by atoms with Gasteiger partial charge in [-0.25, -0.2) is 0 Å². The summed E-state index contributed by atoms with van der Waals surface area (Å²) in [6.07, 6.45) is 0. The molecular formula is C26H26N2O3. The number of methoxy groups -OCH3 is 1. The number of hydrogen-bond donors (Lipinski definition) is 0. The summed E-state index contributed by atoms with van der Waals surface area (Å²) in [5.74, 6) is 0.454. The molecule has 1 aliphatic heterocycles. The van der Waals surface area contributed by atoms with E-state index < -0.39 is 6.04 Å². The van der Waals surface area contributed by atoms with Gasteiger partial charge in [-0.15, -0.1) is 0 Å². The van der Waals surface area contributed by atoms with Gasteiger partial charge in [0.2, 0.25) is 5.91 Å². The predicted molar refractivity (Wildman–Crippen MR) is 123 cm³/mol. The van der Waals surface area contributed by atoms with Crippen molar-refractivity contribution in [2.24, 2.45) is 0 Å². The molecule has 2 amide bonds. The Morgan fingerprint density at radius 2 is 1.55 bits per heavy atom. The first-order chi connectivity index (χ1) is 14.9. The Labute approximate surface area is 182 Å². The third-order valence-corrected chi connectivity index (χ3v) is 5.93. The van der Waals surface area contributed by atoms with Crippen LogP contribution >= 0.6 is 0 Å². The second-order valence-corrected chi connectivity index (χ2v) is 7.92. The minimum absolute atomic E-state index is 0.00363. The number of carbonyl (C=O) groups excluding carboxylic acids is 2. The first-order valence-electron chi connectivity index (χ1n) is 10.3. The summed E-state index contributed by atoms with van der Waals surface area (Å²) in [7, 11) is 1.60. The van der Waals surface area contributed by atoms with Crippen molar-refractivity contribution < 1.29 is 14.3 Å². The molecule has 3 aromatic rings. The van der Waals surface area contributed by atoms with Gasteiger partial charge < -0.3 is 9.64 Å². The van der Waals surface area contributed by atoms with Crippen molar-refractivity contribution >= 4 is 23.2 Å². The Hall–Kier alpha value is -3.60. The third kappa shape index (κ3) is 3.79. The molecule has 0 unspecified atom stereocenters. The largest absolute Gasteiger partial charge is 0.497 e. The van der Waals surface area contributed by atoms with Crippen molar-refractivity contribution in [2.75, 3.05) is 23.5 Å². The maximum atomic E-state index is 13.8. The summed E-state index contributed by atoms with van der Waals surface area (Å²) in [4.78, 5) is 30.5. The van der Waals surface area contributed by atoms with Gasteiger partial charge in [0.15, 0.2) is 0 Å². The van der Waals surface area contributed by atoms with E-state index in [2.05, 4.69) is 0 Å². The lowest BCUT2D eigenvalue weighted by atomic mass is 9.98. The van der Waals surface area contributed by atoms with Crippen molar-refractivity contribution in [1.29, 1.82) is 0 Å². The van der Waals surface area contributed by atoms with Gasteiger partial charge in [0.25, 0.3) is 5.91 Å². The lowest BCUT2D eigenvalue weighted by molar-refractivity contribution is -0.128. The standard InChI is InChI=1S/C26H26N2O3/c1-17-8-12-21(13-9-17)28-24(29)16-27(23-7-5-6-18(2)19(23)3)26(30)25(28)20-10-14-22(31-4)15-11-20/h5-15,25H,16H2,1-4H3/t25-/m1/s1. The van der Waals surface area contributed by atoms with E-state index >= 15 is 0 Å². The molecule has 1 fully saturated rings. The third-order valence-electron chi connectivity index (χ3n) is 5.93. The average molecular weight is 415 g/mol. The Balaban J connectivity index is 1.83. The smallest absolute Gasteiger partial charge is 0.255 e. The van der Waals surface area contributed by atoms with Crippen LogP contribution in [0.1, 0.15) is 28.3 Å². The number of hydrogen-bond acceptors (Lipinski definition) is 3. The zero-order chi connectivity index (χ0) is 22.1. The highest BCUT2D eigenvalue weighted by atomic mass is 16.5. The number of carbonyl (C=O) groups is 2. The van der Waals surface area contributed by atoms with E-state index in [4.69, 9.17) is 4.74 Å². The molecule has 31 heavy (non-hydrogen) atoms. The van der Waals surface area contributed by atoms with E-state index in [0.29, 0.717) is 11.4 Å². The molecule has 0 spiro atoms. The van der Waals surface area contributed by atoms with Gasteiger partial charge in [-0.3, -0.25) is 14.5 Å². The number of benzene rings is 3. The summed E-state index contributed by atoms with van der Waals surface area (Å²) in [6.45, 7) is 5.99. The van der Waals surface area contributed by atoms with Crippen LogP contribution in [0.2, 0.25) is 0 Å². The summed E-state index contributed by atoms with van der Waals surface area (Å²) >= 11 is 0. The van der Waals surface area contributed by atoms with Crippen molar-refractivity contribution in [3.8, 4) is 5.75 Å². The molecule has 3 aromatic carbocycles. The number of aryl methyl sites for hydroxylation is 2. The highest BCUT2D eigenvalue weighted by Crippen LogP contribution is 2.36. The lowest BCUT2D eigenvalue weighted by Gasteiger charge is -2.41. The summed E-state index contributed by atoms with van der Waals surface area (Å²) in [5, 5.41) is 0. The molecule has 0 bridgehead atoms. The molecule has 1 atom stereocenters. The molecule has 0 N–H and O–H groups in total. The monoisotopic (exact) mass is 414 g/mol. The molecule has 0 aliphatic carbocycles. The van der Waals surface area contributed by atoms with Crippen LogP contribution in [-0.2, 0) is 9.59 Å². The maximum Gasteiger partial charge on any atom is 0.255 e. The minimum atomic E-state index is -0.755. The molecule has 0 aromatic heterocycles. The highest BCUT2D eigenvalue weighted by molar-refractivity contribution is 6.14. The SMILES string of the molecule is COc1ccc([C@@H]2C(=O)N(c3cccc(C)c3C)CC(=O)N2c2ccc(C)cc2)cc1. The van der Waals surface area contributed by atoms with Gasteiger partial charge in [0.1, 0.15) is 18.3 Å². The molecule has 5 heteroatoms. The predicted octanol–water partition coefficient (Wildman–Crippen LogP) is 4.74. The number of rotatable bonds is 4. The van der Waals surface area contributed by atoms with Crippen LogP contribution in [0.3, 0.4) is 0 Å². The highest BCUT2D eigenvalue weighted by Gasteiger charge is 2.42. The summed E-state index contributed by atoms with van der Waals surface area (Å²) in [5.41, 5.74) is 5.42. The Morgan fingerprint density at radius 3 is 2.19 bits per heavy atom. The number of anilines is 2. The van der Waals surface area contributed by atoms with Gasteiger partial charge in [-0.1, -0.05) is 42.0 Å². The van der Waals surface area contributed by atoms with Crippen LogP contribution in [0, 0.1) is 20.8 Å². The fraction of sp³-hybridized carbons (Fsp3) is 0.231. The molecule has 5 nitrogen and oxygen atoms in total. The Bertz CT molecular complexity index is 1120. The fourth-order valence-electron chi connectivity index (χ4n) is 4.00. The van der Waals surface area contributed by atoms with E-state index in [1.165, 1.54) is 0 Å². The number of ether oxygens (including phenoxy) is 1. The normalized spacial score (nSPS) is 16.6. The first kappa shape index (κ1) is 20.7. The van der Waals surface area contributed by atoms with Crippen LogP contribution in [0.15, 0.2) is 66.7 Å². The molecule has 1 heterocycles. The molecule has 0 saturated carbocycles. The zero-order valence-electron chi connectivity index (χ0n) is 18.3. The Kier molecular flexibility index (Phi) is 5.51. The van der Waals surface area contributed by atoms with Crippen LogP contribution in [0.4, 0.5) is 11.4 Å². The molecule has 1 aliphatic rings. The van der Waals surface area contributed by atoms with Crippen molar-refractivity contribution in [3.63, 3.8) is 0 Å². The van der Waals surface area contributed by atoms with Crippen LogP contribution in [-0.4, -0.2) is 25.5 Å². The number of nitrogens with zero attached hydrogens (tertiary/aromatic N) is 2. The summed E-state index contributed by atoms with van der Waals surface area (Å²) < 4.78 is 5.27. The van der Waals surface area contributed by atoms with Crippen molar-refractivity contribution in [2.45, 2.75) is 26.8 Å². The van der Waals surface area contributed by atoms with Crippen molar-refractivity contribution in [3.05, 3.63) is 89.0 Å². The van der Waals surface area contributed by atoms with Crippen LogP contribution in [0.5, 0.6) is 5.75 Å². The van der Waals surface area contributed by atoms with Gasteiger partial charge in [-0.2, -0.15) is 0 Å². The van der Waals surface area contributed by atoms with Gasteiger partial charge in [-0.05, 0) is 67.8 Å². The van der Waals surface area contributed by atoms with E-state index in [-0.39, 0.29) is 18.4 Å². The minimum Gasteiger partial charge on any atom is -0.497 e. The second kappa shape index (κ2) is 8.26. The first-order valence-corrected chi connectivity index (χ1v) is 10.3. The number of piperazine rings is 1. The average Bonchev–Trinajstić information content (AvgIpc) is 2.78. The maximum absolute atomic E-state index is 13.8. The number of amides is 2. The van der Waals surface area contributed by atoms with E-state index in [1.807, 2.05) is 87.5 Å². The van der Waals surface area contributed by atoms with Crippen LogP contribution in [0.25, 0.3) is 0 Å². The van der Waals surface area contributed by atoms with E-state index in [9.17, 15) is 9.59 Å². The molecule has 1 saturated heterocycles. The zero-order valence-corrected chi connectivity index (χ0v) is 18.3. The molecule has 4 rings (SSSR count). The molecule has 158 valence electrons. The van der Waals surface area contributed by atoms with Crippen molar-refractivity contribution in [1.82, 2.24) is 0 Å². The fourth-order valence-corrected chi connectivity index (χ4v) is 4.00. The van der Waals surface area contributed by atoms with Gasteiger partial charge >= 0.3 is 0 Å².